The Balaban J connectivity index is 1.66. The average molecular weight is 388 g/mol. The highest BCUT2D eigenvalue weighted by molar-refractivity contribution is 7.89. The van der Waals surface area contributed by atoms with Crippen LogP contribution in [-0.2, 0) is 20.4 Å². The first kappa shape index (κ1) is 18.1. The number of hydrogen-bond donors (Lipinski definition) is 1. The second-order valence-electron chi connectivity index (χ2n) is 7.29. The van der Waals surface area contributed by atoms with Gasteiger partial charge in [0.2, 0.25) is 15.9 Å². The Bertz CT molecular complexity index is 998. The molecule has 7 heteroatoms. The van der Waals surface area contributed by atoms with Crippen molar-refractivity contribution in [1.82, 2.24) is 4.72 Å². The zero-order valence-corrected chi connectivity index (χ0v) is 15.9. The van der Waals surface area contributed by atoms with Crippen molar-refractivity contribution < 1.29 is 17.6 Å². The predicted molar refractivity (Wildman–Crippen MR) is 100 cm³/mol. The van der Waals surface area contributed by atoms with E-state index in [9.17, 15) is 17.6 Å². The lowest BCUT2D eigenvalue weighted by atomic mass is 10.1. The number of amides is 1. The summed E-state index contributed by atoms with van der Waals surface area (Å²) in [6.07, 6.45) is 2.60. The molecule has 0 atom stereocenters. The molecule has 1 N–H and O–H groups in total. The Morgan fingerprint density at radius 1 is 1.11 bits per heavy atom. The van der Waals surface area contributed by atoms with Crippen LogP contribution in [0.25, 0.3) is 0 Å². The maximum absolute atomic E-state index is 13.2. The molecule has 0 aromatic heterocycles. The molecule has 1 heterocycles. The van der Waals surface area contributed by atoms with Gasteiger partial charge < -0.3 is 4.90 Å². The van der Waals surface area contributed by atoms with Gasteiger partial charge in [0, 0.05) is 18.7 Å². The molecule has 0 unspecified atom stereocenters. The summed E-state index contributed by atoms with van der Waals surface area (Å²) in [7, 11) is -3.80. The molecule has 0 spiro atoms. The van der Waals surface area contributed by atoms with E-state index in [-0.39, 0.29) is 16.6 Å². The highest BCUT2D eigenvalue weighted by Gasteiger charge is 2.47. The molecule has 0 radical (unpaired) electrons. The van der Waals surface area contributed by atoms with E-state index in [1.165, 1.54) is 12.1 Å². The van der Waals surface area contributed by atoms with Gasteiger partial charge in [-0.2, -0.15) is 0 Å². The van der Waals surface area contributed by atoms with E-state index in [1.54, 1.807) is 42.2 Å². The van der Waals surface area contributed by atoms with Crippen molar-refractivity contribution in [2.75, 3.05) is 11.4 Å². The first-order chi connectivity index (χ1) is 12.8. The normalized spacial score (nSPS) is 18.7. The van der Waals surface area contributed by atoms with Crippen molar-refractivity contribution in [1.29, 1.82) is 0 Å². The molecular formula is C20H21FN2O3S. The van der Waals surface area contributed by atoms with Crippen LogP contribution in [-0.4, -0.2) is 20.9 Å². The molecule has 1 amide bonds. The average Bonchev–Trinajstić information content (AvgIpc) is 3.26. The Labute approximate surface area is 158 Å². The molecule has 1 saturated carbocycles. The number of benzene rings is 2. The lowest BCUT2D eigenvalue weighted by Crippen LogP contribution is -2.35. The largest absolute Gasteiger partial charge is 0.312 e. The van der Waals surface area contributed by atoms with Gasteiger partial charge in [-0.1, -0.05) is 18.2 Å². The van der Waals surface area contributed by atoms with Gasteiger partial charge in [-0.25, -0.2) is 17.5 Å². The van der Waals surface area contributed by atoms with Crippen molar-refractivity contribution in [3.8, 4) is 0 Å². The van der Waals surface area contributed by atoms with Gasteiger partial charge in [0.1, 0.15) is 5.82 Å². The van der Waals surface area contributed by atoms with Crippen LogP contribution < -0.4 is 9.62 Å². The number of halogens is 1. The van der Waals surface area contributed by atoms with Gasteiger partial charge in [-0.3, -0.25) is 4.79 Å². The Hall–Kier alpha value is -2.25. The van der Waals surface area contributed by atoms with Crippen molar-refractivity contribution in [2.24, 2.45) is 0 Å². The van der Waals surface area contributed by atoms with Crippen LogP contribution in [0.15, 0.2) is 47.4 Å². The third kappa shape index (κ3) is 3.37. The van der Waals surface area contributed by atoms with Gasteiger partial charge in [-0.05, 0) is 61.6 Å². The summed E-state index contributed by atoms with van der Waals surface area (Å²) >= 11 is 0. The van der Waals surface area contributed by atoms with E-state index < -0.39 is 15.6 Å². The van der Waals surface area contributed by atoms with Crippen LogP contribution in [0.1, 0.15) is 36.8 Å². The second-order valence-corrected chi connectivity index (χ2v) is 8.94. The van der Waals surface area contributed by atoms with Gasteiger partial charge in [-0.15, -0.1) is 0 Å². The van der Waals surface area contributed by atoms with Crippen LogP contribution in [0, 0.1) is 12.7 Å². The second kappa shape index (κ2) is 6.42. The molecule has 1 saturated heterocycles. The number of carbonyl (C=O) groups excluding carboxylic acids is 1. The SMILES string of the molecule is Cc1ccc(N2CCCC2=O)cc1S(=O)(=O)NC1(c2ccc(F)cc2)CC1. The number of hydrogen-bond acceptors (Lipinski definition) is 3. The van der Waals surface area contributed by atoms with Crippen molar-refractivity contribution >= 4 is 21.6 Å². The summed E-state index contributed by atoms with van der Waals surface area (Å²) in [5.41, 5.74) is 1.30. The molecule has 27 heavy (non-hydrogen) atoms. The third-order valence-corrected chi connectivity index (χ3v) is 7.00. The van der Waals surface area contributed by atoms with Crippen LogP contribution in [0.3, 0.4) is 0 Å². The first-order valence-electron chi connectivity index (χ1n) is 9.02. The Kier molecular flexibility index (Phi) is 4.31. The summed E-state index contributed by atoms with van der Waals surface area (Å²) in [5, 5.41) is 0. The number of sulfonamides is 1. The Morgan fingerprint density at radius 2 is 1.81 bits per heavy atom. The number of aryl methyl sites for hydroxylation is 1. The Morgan fingerprint density at radius 3 is 2.41 bits per heavy atom. The van der Waals surface area contributed by atoms with Crippen molar-refractivity contribution in [3.05, 3.63) is 59.4 Å². The fourth-order valence-corrected chi connectivity index (χ4v) is 5.34. The molecule has 2 fully saturated rings. The summed E-state index contributed by atoms with van der Waals surface area (Å²) in [6.45, 7) is 2.34. The molecule has 2 aromatic carbocycles. The van der Waals surface area contributed by atoms with Gasteiger partial charge in [0.25, 0.3) is 0 Å². The number of anilines is 1. The van der Waals surface area contributed by atoms with E-state index >= 15 is 0 Å². The highest BCUT2D eigenvalue weighted by Crippen LogP contribution is 2.46. The maximum Gasteiger partial charge on any atom is 0.241 e. The van der Waals surface area contributed by atoms with Crippen LogP contribution in [0.5, 0.6) is 0 Å². The van der Waals surface area contributed by atoms with Crippen LogP contribution in [0.2, 0.25) is 0 Å². The minimum absolute atomic E-state index is 0.0140. The molecule has 4 rings (SSSR count). The fraction of sp³-hybridized carbons (Fsp3) is 0.350. The standard InChI is InChI=1S/C20H21FN2O3S/c1-14-4-9-17(23-12-2-3-19(23)24)13-18(14)27(25,26)22-20(10-11-20)15-5-7-16(21)8-6-15/h4-9,13,22H,2-3,10-12H2,1H3. The minimum Gasteiger partial charge on any atom is -0.312 e. The predicted octanol–water partition coefficient (Wildman–Crippen LogP) is 3.23. The zero-order valence-electron chi connectivity index (χ0n) is 15.0. The topological polar surface area (TPSA) is 66.5 Å². The molecule has 0 bridgehead atoms. The number of nitrogens with zero attached hydrogens (tertiary/aromatic N) is 1. The van der Waals surface area contributed by atoms with Gasteiger partial charge in [0.15, 0.2) is 0 Å². The molecule has 1 aliphatic carbocycles. The number of nitrogens with one attached hydrogen (secondary N) is 1. The maximum atomic E-state index is 13.2. The molecule has 2 aromatic rings. The first-order valence-corrected chi connectivity index (χ1v) is 10.5. The monoisotopic (exact) mass is 388 g/mol. The highest BCUT2D eigenvalue weighted by atomic mass is 32.2. The van der Waals surface area contributed by atoms with E-state index in [4.69, 9.17) is 0 Å². The van der Waals surface area contributed by atoms with Crippen LogP contribution in [0.4, 0.5) is 10.1 Å². The van der Waals surface area contributed by atoms with Crippen molar-refractivity contribution in [3.63, 3.8) is 0 Å². The molecular weight excluding hydrogens is 367 g/mol. The molecule has 142 valence electrons. The number of rotatable bonds is 5. The van der Waals surface area contributed by atoms with E-state index in [0.29, 0.717) is 37.1 Å². The smallest absolute Gasteiger partial charge is 0.241 e. The van der Waals surface area contributed by atoms with E-state index in [0.717, 1.165) is 12.0 Å². The quantitative estimate of drug-likeness (QED) is 0.855. The van der Waals surface area contributed by atoms with Crippen LogP contribution >= 0.6 is 0 Å². The van der Waals surface area contributed by atoms with E-state index in [1.807, 2.05) is 0 Å². The lowest BCUT2D eigenvalue weighted by Gasteiger charge is -2.21. The summed E-state index contributed by atoms with van der Waals surface area (Å²) in [5.74, 6) is -0.337. The van der Waals surface area contributed by atoms with Crippen molar-refractivity contribution in [2.45, 2.75) is 43.0 Å². The zero-order chi connectivity index (χ0) is 19.2. The molecule has 5 nitrogen and oxygen atoms in total. The summed E-state index contributed by atoms with van der Waals surface area (Å²) < 4.78 is 42.2. The fourth-order valence-electron chi connectivity index (χ4n) is 3.62. The van der Waals surface area contributed by atoms with Gasteiger partial charge >= 0.3 is 0 Å². The molecule has 2 aliphatic rings. The third-order valence-electron chi connectivity index (χ3n) is 5.32. The van der Waals surface area contributed by atoms with Gasteiger partial charge in [0.05, 0.1) is 10.4 Å². The summed E-state index contributed by atoms with van der Waals surface area (Å²) in [6, 6.07) is 11.0. The molecule has 1 aliphatic heterocycles. The lowest BCUT2D eigenvalue weighted by molar-refractivity contribution is -0.117. The van der Waals surface area contributed by atoms with E-state index in [2.05, 4.69) is 4.72 Å². The minimum atomic E-state index is -3.80. The number of carbonyl (C=O) groups is 1. The summed E-state index contributed by atoms with van der Waals surface area (Å²) in [4.78, 5) is 13.8.